The minimum atomic E-state index is -0.817. The smallest absolute Gasteiger partial charge is 0.407 e. The molecule has 1 unspecified atom stereocenters. The van der Waals surface area contributed by atoms with Crippen LogP contribution in [0.2, 0.25) is 0 Å². The summed E-state index contributed by atoms with van der Waals surface area (Å²) in [6.07, 6.45) is 4.24. The first-order chi connectivity index (χ1) is 16.0. The molecular formula is C26H25N3O4. The summed E-state index contributed by atoms with van der Waals surface area (Å²) < 4.78 is 12.2. The van der Waals surface area contributed by atoms with Gasteiger partial charge in [-0.1, -0.05) is 12.1 Å². The van der Waals surface area contributed by atoms with Crippen LogP contribution in [0.5, 0.6) is 11.8 Å². The topological polar surface area (TPSA) is 84.8 Å². The maximum Gasteiger partial charge on any atom is 0.407 e. The number of hydrogen-bond donors (Lipinski definition) is 1. The number of fused-ring (bicyclic) bond motifs is 5. The zero-order chi connectivity index (χ0) is 22.5. The van der Waals surface area contributed by atoms with Gasteiger partial charge in [-0.2, -0.15) is 4.98 Å². The van der Waals surface area contributed by atoms with E-state index in [4.69, 9.17) is 9.47 Å². The number of carbonyl (C=O) groups is 1. The molecule has 3 aliphatic rings. The summed E-state index contributed by atoms with van der Waals surface area (Å²) in [5.41, 5.74) is 6.48. The van der Waals surface area contributed by atoms with Crippen molar-refractivity contribution in [2.45, 2.75) is 57.4 Å². The lowest BCUT2D eigenvalue weighted by molar-refractivity contribution is 0.0474. The van der Waals surface area contributed by atoms with Gasteiger partial charge in [-0.15, -0.1) is 0 Å². The van der Waals surface area contributed by atoms with Crippen molar-refractivity contribution in [3.05, 3.63) is 59.9 Å². The summed E-state index contributed by atoms with van der Waals surface area (Å²) in [7, 11) is 0. The molecule has 3 atom stereocenters. The van der Waals surface area contributed by atoms with E-state index < -0.39 is 6.09 Å². The van der Waals surface area contributed by atoms with Crippen molar-refractivity contribution in [1.82, 2.24) is 14.9 Å². The molecule has 1 aromatic carbocycles. The molecule has 2 fully saturated rings. The Morgan fingerprint density at radius 3 is 2.58 bits per heavy atom. The van der Waals surface area contributed by atoms with E-state index in [-0.39, 0.29) is 18.2 Å². The molecule has 2 saturated heterocycles. The highest BCUT2D eigenvalue weighted by Crippen LogP contribution is 2.41. The molecule has 3 aliphatic heterocycles. The summed E-state index contributed by atoms with van der Waals surface area (Å²) in [6, 6.07) is 14.5. The second kappa shape index (κ2) is 7.76. The number of benzene rings is 1. The number of hydrogen-bond acceptors (Lipinski definition) is 5. The van der Waals surface area contributed by atoms with Gasteiger partial charge in [-0.3, -0.25) is 4.98 Å². The molecule has 7 heteroatoms. The second-order valence-corrected chi connectivity index (χ2v) is 9.13. The van der Waals surface area contributed by atoms with E-state index >= 15 is 0 Å². The number of rotatable bonds is 3. The van der Waals surface area contributed by atoms with Crippen molar-refractivity contribution in [3.63, 3.8) is 0 Å². The van der Waals surface area contributed by atoms with Crippen LogP contribution < -0.4 is 9.47 Å². The minimum Gasteiger partial charge on any atom is -0.474 e. The summed E-state index contributed by atoms with van der Waals surface area (Å²) in [6.45, 7) is 2.45. The van der Waals surface area contributed by atoms with E-state index in [0.717, 1.165) is 46.4 Å². The van der Waals surface area contributed by atoms with Gasteiger partial charge in [0.05, 0.1) is 0 Å². The normalized spacial score (nSPS) is 22.8. The van der Waals surface area contributed by atoms with Crippen LogP contribution in [-0.2, 0) is 6.61 Å². The molecule has 0 saturated carbocycles. The van der Waals surface area contributed by atoms with Crippen molar-refractivity contribution >= 4 is 6.09 Å². The Labute approximate surface area is 192 Å². The number of amides is 1. The number of aromatic nitrogens is 2. The van der Waals surface area contributed by atoms with Crippen molar-refractivity contribution < 1.29 is 19.4 Å². The van der Waals surface area contributed by atoms with Crippen molar-refractivity contribution in [2.75, 3.05) is 0 Å². The van der Waals surface area contributed by atoms with E-state index in [1.807, 2.05) is 31.3 Å². The fourth-order valence-corrected chi connectivity index (χ4v) is 5.54. The van der Waals surface area contributed by atoms with Gasteiger partial charge in [0.1, 0.15) is 12.7 Å². The zero-order valence-electron chi connectivity index (χ0n) is 18.4. The predicted molar refractivity (Wildman–Crippen MR) is 122 cm³/mol. The minimum absolute atomic E-state index is 0.0223. The van der Waals surface area contributed by atoms with Crippen molar-refractivity contribution in [1.29, 1.82) is 0 Å². The molecule has 7 nitrogen and oxygen atoms in total. The number of ether oxygens (including phenoxy) is 2. The Hall–Kier alpha value is -3.61. The Morgan fingerprint density at radius 1 is 1.06 bits per heavy atom. The van der Waals surface area contributed by atoms with Gasteiger partial charge < -0.3 is 19.5 Å². The molecule has 0 aliphatic carbocycles. The van der Waals surface area contributed by atoms with Crippen LogP contribution in [0.1, 0.15) is 36.9 Å². The molecule has 1 amide bonds. The Balaban J connectivity index is 1.22. The number of piperidine rings is 1. The standard InChI is InChI=1S/C26H25N3O4/c1-15-10-17(8-9-27-15)16-2-5-22-18(11-16)14-32-25-23(22)6-7-24(28-25)33-21-12-19-3-4-20(13-21)29(19)26(30)31/h2,5-11,19-21H,3-4,12-14H2,1H3,(H,30,31)/t19-,20+,21?. The van der Waals surface area contributed by atoms with Crippen LogP contribution >= 0.6 is 0 Å². The lowest BCUT2D eigenvalue weighted by Crippen LogP contribution is -2.48. The van der Waals surface area contributed by atoms with Crippen LogP contribution in [0.4, 0.5) is 4.79 Å². The van der Waals surface area contributed by atoms with Crippen LogP contribution in [0.15, 0.2) is 48.7 Å². The molecule has 5 heterocycles. The average molecular weight is 444 g/mol. The Kier molecular flexibility index (Phi) is 4.71. The van der Waals surface area contributed by atoms with Crippen molar-refractivity contribution in [2.24, 2.45) is 0 Å². The maximum absolute atomic E-state index is 11.5. The Morgan fingerprint density at radius 2 is 1.82 bits per heavy atom. The van der Waals surface area contributed by atoms with Crippen molar-refractivity contribution in [3.8, 4) is 34.0 Å². The highest BCUT2D eigenvalue weighted by atomic mass is 16.5. The number of nitrogens with zero attached hydrogens (tertiary/aromatic N) is 3. The first kappa shape index (κ1) is 20.0. The third-order valence-electron chi connectivity index (χ3n) is 7.02. The highest BCUT2D eigenvalue weighted by molar-refractivity contribution is 5.77. The first-order valence-corrected chi connectivity index (χ1v) is 11.4. The molecule has 6 rings (SSSR count). The van der Waals surface area contributed by atoms with E-state index in [1.54, 1.807) is 4.90 Å². The van der Waals surface area contributed by atoms with E-state index in [9.17, 15) is 9.90 Å². The lowest BCUT2D eigenvalue weighted by atomic mass is 9.94. The first-order valence-electron chi connectivity index (χ1n) is 11.4. The largest absolute Gasteiger partial charge is 0.474 e. The third kappa shape index (κ3) is 3.57. The molecule has 1 N–H and O–H groups in total. The third-order valence-corrected chi connectivity index (χ3v) is 7.02. The number of carboxylic acid groups (broad SMARTS) is 1. The molecule has 2 bridgehead atoms. The maximum atomic E-state index is 11.5. The molecule has 0 radical (unpaired) electrons. The van der Waals surface area contributed by atoms with E-state index in [2.05, 4.69) is 34.2 Å². The lowest BCUT2D eigenvalue weighted by Gasteiger charge is -2.36. The van der Waals surface area contributed by atoms with Gasteiger partial charge in [0.2, 0.25) is 11.8 Å². The van der Waals surface area contributed by atoms with E-state index in [0.29, 0.717) is 31.2 Å². The average Bonchev–Trinajstić information content (AvgIpc) is 3.09. The summed E-state index contributed by atoms with van der Waals surface area (Å²) in [5, 5.41) is 9.46. The van der Waals surface area contributed by atoms with Crippen LogP contribution in [0.3, 0.4) is 0 Å². The molecule has 0 spiro atoms. The predicted octanol–water partition coefficient (Wildman–Crippen LogP) is 5.06. The molecule has 33 heavy (non-hydrogen) atoms. The Bertz CT molecular complexity index is 1230. The SMILES string of the molecule is Cc1cc(-c2ccc3c(c2)COc2nc(OC4C[C@H]5CC[C@@H](C4)N5C(=O)O)ccc2-3)ccn1. The fourth-order valence-electron chi connectivity index (χ4n) is 5.54. The molecular weight excluding hydrogens is 418 g/mol. The van der Waals surface area contributed by atoms with Gasteiger partial charge in [0.15, 0.2) is 0 Å². The zero-order valence-corrected chi connectivity index (χ0v) is 18.4. The van der Waals surface area contributed by atoms with Gasteiger partial charge in [0, 0.05) is 48.4 Å². The summed E-state index contributed by atoms with van der Waals surface area (Å²) >= 11 is 0. The van der Waals surface area contributed by atoms with Gasteiger partial charge in [-0.25, -0.2) is 4.79 Å². The number of aryl methyl sites for hydroxylation is 1. The highest BCUT2D eigenvalue weighted by Gasteiger charge is 2.44. The van der Waals surface area contributed by atoms with Crippen LogP contribution in [-0.4, -0.2) is 44.3 Å². The molecule has 3 aromatic rings. The van der Waals surface area contributed by atoms with Gasteiger partial charge >= 0.3 is 6.09 Å². The van der Waals surface area contributed by atoms with Gasteiger partial charge in [0.25, 0.3) is 0 Å². The molecule has 168 valence electrons. The quantitative estimate of drug-likeness (QED) is 0.609. The van der Waals surface area contributed by atoms with Crippen LogP contribution in [0.25, 0.3) is 22.3 Å². The molecule has 2 aromatic heterocycles. The monoisotopic (exact) mass is 443 g/mol. The van der Waals surface area contributed by atoms with Gasteiger partial charge in [-0.05, 0) is 66.3 Å². The van der Waals surface area contributed by atoms with Crippen LogP contribution in [0, 0.1) is 6.92 Å². The summed E-state index contributed by atoms with van der Waals surface area (Å²) in [4.78, 5) is 22.0. The number of pyridine rings is 2. The second-order valence-electron chi connectivity index (χ2n) is 9.13. The van der Waals surface area contributed by atoms with E-state index in [1.165, 1.54) is 0 Å². The summed E-state index contributed by atoms with van der Waals surface area (Å²) in [5.74, 6) is 1.12. The fraction of sp³-hybridized carbons (Fsp3) is 0.346.